The quantitative estimate of drug-likeness (QED) is 0.426. The van der Waals surface area contributed by atoms with Crippen LogP contribution in [-0.2, 0) is 15.0 Å². The molecule has 0 N–H and O–H groups in total. The number of anilines is 1. The molecule has 7 nitrogen and oxygen atoms in total. The molecule has 1 unspecified atom stereocenters. The molecule has 0 spiro atoms. The molecule has 35 heavy (non-hydrogen) atoms. The summed E-state index contributed by atoms with van der Waals surface area (Å²) in [6.45, 7) is 11.5. The lowest BCUT2D eigenvalue weighted by Crippen LogP contribution is -2.57. The number of para-hydroxylation sites is 2. The highest BCUT2D eigenvalue weighted by atomic mass is 16.6. The van der Waals surface area contributed by atoms with Crippen molar-refractivity contribution in [3.63, 3.8) is 0 Å². The molecule has 2 amide bonds. The van der Waals surface area contributed by atoms with E-state index in [1.807, 2.05) is 71.9 Å². The third-order valence-electron chi connectivity index (χ3n) is 6.58. The second-order valence-corrected chi connectivity index (χ2v) is 11.3. The predicted molar refractivity (Wildman–Crippen MR) is 136 cm³/mol. The Balaban J connectivity index is 1.73. The SMILES string of the molecule is CC(C)(C)OC(=O)N1CCC2(n3ccc4ccccc43)c3ccccc3N(C(=O)OC(C)(C)C)[C@@H]12. The number of hydrogen-bond acceptors (Lipinski definition) is 4. The van der Waals surface area contributed by atoms with Crippen LogP contribution in [0.5, 0.6) is 0 Å². The van der Waals surface area contributed by atoms with Crippen molar-refractivity contribution in [1.29, 1.82) is 0 Å². The Hall–Kier alpha value is -3.48. The van der Waals surface area contributed by atoms with Crippen LogP contribution in [0.15, 0.2) is 60.8 Å². The van der Waals surface area contributed by atoms with Gasteiger partial charge in [-0.15, -0.1) is 0 Å². The zero-order chi connectivity index (χ0) is 25.2. The van der Waals surface area contributed by atoms with E-state index in [0.29, 0.717) is 13.0 Å². The lowest BCUT2D eigenvalue weighted by atomic mass is 9.88. The first-order chi connectivity index (χ1) is 16.4. The van der Waals surface area contributed by atoms with Gasteiger partial charge in [0.25, 0.3) is 0 Å². The Morgan fingerprint density at radius 2 is 1.49 bits per heavy atom. The first-order valence-electron chi connectivity index (χ1n) is 12.1. The van der Waals surface area contributed by atoms with Gasteiger partial charge in [-0.3, -0.25) is 9.80 Å². The van der Waals surface area contributed by atoms with E-state index in [9.17, 15) is 9.59 Å². The highest BCUT2D eigenvalue weighted by molar-refractivity contribution is 5.94. The minimum atomic E-state index is -0.688. The first kappa shape index (κ1) is 23.3. The second kappa shape index (κ2) is 7.77. The zero-order valence-electron chi connectivity index (χ0n) is 21.2. The van der Waals surface area contributed by atoms with Crippen LogP contribution in [0.4, 0.5) is 15.3 Å². The van der Waals surface area contributed by atoms with Gasteiger partial charge in [-0.05, 0) is 71.5 Å². The number of ether oxygens (including phenoxy) is 2. The summed E-state index contributed by atoms with van der Waals surface area (Å²) < 4.78 is 13.9. The summed E-state index contributed by atoms with van der Waals surface area (Å²) >= 11 is 0. The summed E-state index contributed by atoms with van der Waals surface area (Å²) in [6.07, 6.45) is 1.13. The average molecular weight is 476 g/mol. The van der Waals surface area contributed by atoms with Crippen LogP contribution in [0.1, 0.15) is 53.5 Å². The van der Waals surface area contributed by atoms with Gasteiger partial charge in [0, 0.05) is 23.8 Å². The van der Waals surface area contributed by atoms with Gasteiger partial charge in [0.1, 0.15) is 22.9 Å². The molecule has 2 aromatic carbocycles. The Kier molecular flexibility index (Phi) is 5.16. The van der Waals surface area contributed by atoms with Crippen LogP contribution in [0.25, 0.3) is 10.9 Å². The number of benzene rings is 2. The van der Waals surface area contributed by atoms with Crippen LogP contribution in [0.3, 0.4) is 0 Å². The van der Waals surface area contributed by atoms with Crippen molar-refractivity contribution in [1.82, 2.24) is 9.47 Å². The Bertz CT molecular complexity index is 1300. The maximum Gasteiger partial charge on any atom is 0.416 e. The molecule has 5 rings (SSSR count). The fraction of sp³-hybridized carbons (Fsp3) is 0.429. The van der Waals surface area contributed by atoms with Crippen molar-refractivity contribution in [2.24, 2.45) is 0 Å². The first-order valence-corrected chi connectivity index (χ1v) is 12.1. The molecule has 2 aliphatic heterocycles. The van der Waals surface area contributed by atoms with E-state index in [1.54, 1.807) is 9.80 Å². The van der Waals surface area contributed by atoms with Crippen LogP contribution in [-0.4, -0.2) is 45.6 Å². The van der Waals surface area contributed by atoms with Crippen molar-refractivity contribution in [3.05, 3.63) is 66.4 Å². The molecule has 0 radical (unpaired) electrons. The molecule has 2 aliphatic rings. The van der Waals surface area contributed by atoms with Gasteiger partial charge in [0.2, 0.25) is 0 Å². The molecule has 7 heteroatoms. The smallest absolute Gasteiger partial charge is 0.416 e. The molecular formula is C28H33N3O4. The average Bonchev–Trinajstić information content (AvgIpc) is 3.41. The number of carbonyl (C=O) groups excluding carboxylic acids is 2. The Labute approximate surface area is 206 Å². The Morgan fingerprint density at radius 1 is 0.857 bits per heavy atom. The van der Waals surface area contributed by atoms with Crippen LogP contribution in [0, 0.1) is 0 Å². The number of fused-ring (bicyclic) bond motifs is 4. The van der Waals surface area contributed by atoms with Gasteiger partial charge >= 0.3 is 12.2 Å². The van der Waals surface area contributed by atoms with Crippen molar-refractivity contribution in [2.45, 2.75) is 70.9 Å². The van der Waals surface area contributed by atoms with E-state index in [1.165, 1.54) is 0 Å². The summed E-state index contributed by atoms with van der Waals surface area (Å²) in [5, 5.41) is 1.10. The van der Waals surface area contributed by atoms with E-state index < -0.39 is 35.1 Å². The molecule has 0 aliphatic carbocycles. The van der Waals surface area contributed by atoms with Crippen LogP contribution < -0.4 is 4.90 Å². The fourth-order valence-corrected chi connectivity index (χ4v) is 5.43. The Morgan fingerprint density at radius 3 is 2.20 bits per heavy atom. The van der Waals surface area contributed by atoms with E-state index in [2.05, 4.69) is 35.0 Å². The van der Waals surface area contributed by atoms with Gasteiger partial charge in [0.15, 0.2) is 0 Å². The number of rotatable bonds is 1. The monoisotopic (exact) mass is 475 g/mol. The zero-order valence-corrected chi connectivity index (χ0v) is 21.2. The molecule has 0 saturated carbocycles. The summed E-state index contributed by atoms with van der Waals surface area (Å²) in [5.41, 5.74) is 0.746. The minimum Gasteiger partial charge on any atom is -0.444 e. The summed E-state index contributed by atoms with van der Waals surface area (Å²) in [5.74, 6) is 0. The van der Waals surface area contributed by atoms with Crippen LogP contribution in [0.2, 0.25) is 0 Å². The molecule has 1 aromatic heterocycles. The molecule has 0 bridgehead atoms. The number of amides is 2. The van der Waals surface area contributed by atoms with Crippen molar-refractivity contribution in [2.75, 3.05) is 11.4 Å². The highest BCUT2D eigenvalue weighted by Gasteiger charge is 2.62. The maximum atomic E-state index is 13.7. The van der Waals surface area contributed by atoms with Gasteiger partial charge < -0.3 is 14.0 Å². The van der Waals surface area contributed by atoms with E-state index in [0.717, 1.165) is 22.2 Å². The van der Waals surface area contributed by atoms with Crippen molar-refractivity contribution in [3.8, 4) is 0 Å². The van der Waals surface area contributed by atoms with E-state index in [-0.39, 0.29) is 0 Å². The molecule has 184 valence electrons. The molecule has 3 heterocycles. The molecule has 1 saturated heterocycles. The number of likely N-dealkylation sites (tertiary alicyclic amines) is 1. The third-order valence-corrected chi connectivity index (χ3v) is 6.58. The lowest BCUT2D eigenvalue weighted by molar-refractivity contribution is 0.0169. The van der Waals surface area contributed by atoms with Gasteiger partial charge in [-0.1, -0.05) is 36.4 Å². The van der Waals surface area contributed by atoms with Crippen molar-refractivity contribution < 1.29 is 19.1 Å². The standard InChI is InChI=1S/C28H33N3O4/c1-26(2,3)34-24(32)29-18-16-28(30-17-15-19-11-7-9-13-21(19)30)20-12-8-10-14-22(20)31(23(28)29)25(33)35-27(4,5)6/h7-15,17,23H,16,18H2,1-6H3/t23-,28?/m1/s1. The molecule has 1 fully saturated rings. The van der Waals surface area contributed by atoms with Crippen LogP contribution >= 0.6 is 0 Å². The predicted octanol–water partition coefficient (Wildman–Crippen LogP) is 6.11. The molecule has 2 atom stereocenters. The third kappa shape index (κ3) is 3.74. The normalized spacial score (nSPS) is 21.7. The van der Waals surface area contributed by atoms with Gasteiger partial charge in [-0.25, -0.2) is 9.59 Å². The number of carbonyl (C=O) groups is 2. The van der Waals surface area contributed by atoms with E-state index >= 15 is 0 Å². The highest BCUT2D eigenvalue weighted by Crippen LogP contribution is 2.54. The fourth-order valence-electron chi connectivity index (χ4n) is 5.43. The minimum absolute atomic E-state index is 0.442. The topological polar surface area (TPSA) is 64.0 Å². The van der Waals surface area contributed by atoms with Gasteiger partial charge in [0.05, 0.1) is 5.69 Å². The van der Waals surface area contributed by atoms with E-state index in [4.69, 9.17) is 9.47 Å². The number of hydrogen-bond donors (Lipinski definition) is 0. The lowest BCUT2D eigenvalue weighted by Gasteiger charge is -2.39. The van der Waals surface area contributed by atoms with Gasteiger partial charge in [-0.2, -0.15) is 0 Å². The summed E-state index contributed by atoms with van der Waals surface area (Å²) in [4.78, 5) is 30.5. The molecule has 3 aromatic rings. The number of aromatic nitrogens is 1. The summed E-state index contributed by atoms with van der Waals surface area (Å²) in [7, 11) is 0. The molecular weight excluding hydrogens is 442 g/mol. The second-order valence-electron chi connectivity index (χ2n) is 11.3. The summed E-state index contributed by atoms with van der Waals surface area (Å²) in [6, 6.07) is 18.1. The maximum absolute atomic E-state index is 13.7. The largest absolute Gasteiger partial charge is 0.444 e. The van der Waals surface area contributed by atoms with Crippen molar-refractivity contribution >= 4 is 28.8 Å². The number of nitrogens with zero attached hydrogens (tertiary/aromatic N) is 3.